The van der Waals surface area contributed by atoms with Gasteiger partial charge in [0.05, 0.1) is 18.4 Å². The van der Waals surface area contributed by atoms with Crippen molar-refractivity contribution in [2.75, 3.05) is 13.7 Å². The van der Waals surface area contributed by atoms with Crippen LogP contribution in [0.1, 0.15) is 42.2 Å². The van der Waals surface area contributed by atoms with Gasteiger partial charge in [-0.2, -0.15) is 0 Å². The van der Waals surface area contributed by atoms with Crippen LogP contribution < -0.4 is 5.32 Å². The molecule has 1 aromatic rings. The predicted octanol–water partition coefficient (Wildman–Crippen LogP) is 2.39. The number of carbonyl (C=O) groups is 1. The molecule has 2 unspecified atom stereocenters. The molecule has 1 saturated carbocycles. The Morgan fingerprint density at radius 3 is 3.05 bits per heavy atom. The van der Waals surface area contributed by atoms with Gasteiger partial charge in [0.2, 0.25) is 0 Å². The molecule has 0 saturated heterocycles. The van der Waals surface area contributed by atoms with Crippen molar-refractivity contribution in [3.63, 3.8) is 0 Å². The van der Waals surface area contributed by atoms with E-state index in [0.717, 1.165) is 24.1 Å². The number of esters is 1. The van der Waals surface area contributed by atoms with Crippen molar-refractivity contribution < 1.29 is 9.53 Å². The maximum absolute atomic E-state index is 11.6. The Labute approximate surface area is 114 Å². The molecule has 2 atom stereocenters. The molecule has 0 aromatic carbocycles. The lowest BCUT2D eigenvalue weighted by Crippen LogP contribution is -2.25. The minimum atomic E-state index is -0.320. The predicted molar refractivity (Wildman–Crippen MR) is 73.8 cm³/mol. The van der Waals surface area contributed by atoms with Crippen LogP contribution in [-0.2, 0) is 11.3 Å². The first-order valence-corrected chi connectivity index (χ1v) is 6.95. The Balaban J connectivity index is 1.90. The number of nitrogens with one attached hydrogen (secondary N) is 1. The lowest BCUT2D eigenvalue weighted by Gasteiger charge is -2.16. The number of nitrogens with zero attached hydrogens (tertiary/aromatic N) is 1. The SMILES string of the molecule is COC(=O)c1cccnc1CNCC1CCCC1C. The largest absolute Gasteiger partial charge is 0.465 e. The highest BCUT2D eigenvalue weighted by molar-refractivity contribution is 5.90. The third-order valence-corrected chi connectivity index (χ3v) is 4.03. The molecule has 19 heavy (non-hydrogen) atoms. The second-order valence-corrected chi connectivity index (χ2v) is 5.29. The normalized spacial score (nSPS) is 22.4. The van der Waals surface area contributed by atoms with Gasteiger partial charge in [-0.25, -0.2) is 4.79 Å². The van der Waals surface area contributed by atoms with E-state index in [-0.39, 0.29) is 5.97 Å². The number of carbonyl (C=O) groups excluding carboxylic acids is 1. The second-order valence-electron chi connectivity index (χ2n) is 5.29. The fraction of sp³-hybridized carbons (Fsp3) is 0.600. The van der Waals surface area contributed by atoms with Crippen molar-refractivity contribution in [2.45, 2.75) is 32.7 Å². The molecule has 4 nitrogen and oxygen atoms in total. The summed E-state index contributed by atoms with van der Waals surface area (Å²) in [6, 6.07) is 3.52. The fourth-order valence-corrected chi connectivity index (χ4v) is 2.78. The van der Waals surface area contributed by atoms with E-state index in [4.69, 9.17) is 4.74 Å². The number of methoxy groups -OCH3 is 1. The molecule has 1 aromatic heterocycles. The Hall–Kier alpha value is -1.42. The Morgan fingerprint density at radius 1 is 1.53 bits per heavy atom. The minimum absolute atomic E-state index is 0.320. The van der Waals surface area contributed by atoms with Crippen molar-refractivity contribution in [2.24, 2.45) is 11.8 Å². The van der Waals surface area contributed by atoms with Crippen LogP contribution in [0.25, 0.3) is 0 Å². The van der Waals surface area contributed by atoms with Gasteiger partial charge in [0.25, 0.3) is 0 Å². The smallest absolute Gasteiger partial charge is 0.339 e. The van der Waals surface area contributed by atoms with Gasteiger partial charge in [-0.05, 0) is 36.9 Å². The number of hydrogen-bond acceptors (Lipinski definition) is 4. The first kappa shape index (κ1) is 14.0. The van der Waals surface area contributed by atoms with Gasteiger partial charge in [0, 0.05) is 12.7 Å². The van der Waals surface area contributed by atoms with Crippen LogP contribution in [0.3, 0.4) is 0 Å². The van der Waals surface area contributed by atoms with Crippen molar-refractivity contribution >= 4 is 5.97 Å². The summed E-state index contributed by atoms with van der Waals surface area (Å²) in [6.07, 6.45) is 5.69. The maximum atomic E-state index is 11.6. The molecule has 104 valence electrons. The summed E-state index contributed by atoms with van der Waals surface area (Å²) in [6.45, 7) is 3.94. The summed E-state index contributed by atoms with van der Waals surface area (Å²) >= 11 is 0. The lowest BCUT2D eigenvalue weighted by molar-refractivity contribution is 0.0598. The van der Waals surface area contributed by atoms with Crippen LogP contribution in [0.4, 0.5) is 0 Å². The molecule has 1 heterocycles. The van der Waals surface area contributed by atoms with E-state index >= 15 is 0 Å². The van der Waals surface area contributed by atoms with Gasteiger partial charge in [0.15, 0.2) is 0 Å². The molecule has 0 bridgehead atoms. The van der Waals surface area contributed by atoms with Crippen LogP contribution >= 0.6 is 0 Å². The average molecular weight is 262 g/mol. The van der Waals surface area contributed by atoms with E-state index in [1.807, 2.05) is 0 Å². The van der Waals surface area contributed by atoms with E-state index in [1.54, 1.807) is 18.3 Å². The Morgan fingerprint density at radius 2 is 2.37 bits per heavy atom. The molecule has 1 aliphatic carbocycles. The zero-order valence-electron chi connectivity index (χ0n) is 11.7. The number of aromatic nitrogens is 1. The summed E-state index contributed by atoms with van der Waals surface area (Å²) in [5.41, 5.74) is 1.32. The van der Waals surface area contributed by atoms with Crippen molar-refractivity contribution in [3.8, 4) is 0 Å². The van der Waals surface area contributed by atoms with Gasteiger partial charge in [-0.15, -0.1) is 0 Å². The van der Waals surface area contributed by atoms with Crippen molar-refractivity contribution in [1.82, 2.24) is 10.3 Å². The van der Waals surface area contributed by atoms with Crippen molar-refractivity contribution in [1.29, 1.82) is 0 Å². The molecule has 1 aliphatic rings. The summed E-state index contributed by atoms with van der Waals surface area (Å²) < 4.78 is 4.77. The minimum Gasteiger partial charge on any atom is -0.465 e. The molecule has 0 aliphatic heterocycles. The van der Waals surface area contributed by atoms with E-state index in [9.17, 15) is 4.79 Å². The van der Waals surface area contributed by atoms with Crippen LogP contribution in [0.2, 0.25) is 0 Å². The number of rotatable bonds is 5. The molecule has 2 rings (SSSR count). The number of hydrogen-bond donors (Lipinski definition) is 1. The van der Waals surface area contributed by atoms with Crippen LogP contribution in [0, 0.1) is 11.8 Å². The topological polar surface area (TPSA) is 51.2 Å². The average Bonchev–Trinajstić information content (AvgIpc) is 2.84. The van der Waals surface area contributed by atoms with E-state index < -0.39 is 0 Å². The van der Waals surface area contributed by atoms with E-state index in [0.29, 0.717) is 12.1 Å². The third kappa shape index (κ3) is 3.53. The number of ether oxygens (including phenoxy) is 1. The van der Waals surface area contributed by atoms with Crippen molar-refractivity contribution in [3.05, 3.63) is 29.6 Å². The highest BCUT2D eigenvalue weighted by Crippen LogP contribution is 2.30. The van der Waals surface area contributed by atoms with E-state index in [1.165, 1.54) is 26.4 Å². The summed E-state index contributed by atoms with van der Waals surface area (Å²) in [7, 11) is 1.40. The molecular weight excluding hydrogens is 240 g/mol. The zero-order chi connectivity index (χ0) is 13.7. The molecule has 0 radical (unpaired) electrons. The summed E-state index contributed by atoms with van der Waals surface area (Å²) in [5, 5.41) is 3.42. The van der Waals surface area contributed by atoms with Crippen LogP contribution in [0.5, 0.6) is 0 Å². The first-order valence-electron chi connectivity index (χ1n) is 6.95. The molecule has 0 amide bonds. The highest BCUT2D eigenvalue weighted by Gasteiger charge is 2.22. The Kier molecular flexibility index (Phi) is 4.91. The lowest BCUT2D eigenvalue weighted by atomic mass is 9.98. The first-order chi connectivity index (χ1) is 9.22. The molecule has 4 heteroatoms. The van der Waals surface area contributed by atoms with Crippen LogP contribution in [0.15, 0.2) is 18.3 Å². The van der Waals surface area contributed by atoms with Gasteiger partial charge < -0.3 is 10.1 Å². The second kappa shape index (κ2) is 6.66. The monoisotopic (exact) mass is 262 g/mol. The van der Waals surface area contributed by atoms with E-state index in [2.05, 4.69) is 17.2 Å². The standard InChI is InChI=1S/C15H22N2O2/c1-11-5-3-6-12(11)9-16-10-14-13(15(18)19-2)7-4-8-17-14/h4,7-8,11-12,16H,3,5-6,9-10H2,1-2H3. The Bertz CT molecular complexity index is 434. The molecular formula is C15H22N2O2. The number of pyridine rings is 1. The zero-order valence-corrected chi connectivity index (χ0v) is 11.7. The summed E-state index contributed by atoms with van der Waals surface area (Å²) in [5.74, 6) is 1.24. The molecule has 1 fully saturated rings. The highest BCUT2D eigenvalue weighted by atomic mass is 16.5. The third-order valence-electron chi connectivity index (χ3n) is 4.03. The van der Waals surface area contributed by atoms with Gasteiger partial charge in [-0.1, -0.05) is 19.8 Å². The van der Waals surface area contributed by atoms with Gasteiger partial charge in [0.1, 0.15) is 0 Å². The quantitative estimate of drug-likeness (QED) is 0.828. The van der Waals surface area contributed by atoms with Gasteiger partial charge >= 0.3 is 5.97 Å². The maximum Gasteiger partial charge on any atom is 0.339 e. The molecule has 0 spiro atoms. The van der Waals surface area contributed by atoms with Crippen LogP contribution in [-0.4, -0.2) is 24.6 Å². The summed E-state index contributed by atoms with van der Waals surface area (Å²) in [4.78, 5) is 15.9. The van der Waals surface area contributed by atoms with Gasteiger partial charge in [-0.3, -0.25) is 4.98 Å². The molecule has 1 N–H and O–H groups in total. The fourth-order valence-electron chi connectivity index (χ4n) is 2.78.